The van der Waals surface area contributed by atoms with Crippen LogP contribution in [0.1, 0.15) is 49.7 Å². The maximum Gasteiger partial charge on any atom is 0.410 e. The Morgan fingerprint density at radius 1 is 0.977 bits per heavy atom. The molecule has 9 nitrogen and oxygen atoms in total. The minimum atomic E-state index is -0.618. The van der Waals surface area contributed by atoms with Gasteiger partial charge < -0.3 is 19.7 Å². The Labute approximate surface area is 254 Å². The molecule has 1 N–H and O–H groups in total. The zero-order chi connectivity index (χ0) is 30.3. The second-order valence-corrected chi connectivity index (χ2v) is 12.3. The molecule has 4 aromatic rings. The van der Waals surface area contributed by atoms with Gasteiger partial charge in [-0.05, 0) is 55.2 Å². The third-order valence-corrected chi connectivity index (χ3v) is 8.11. The van der Waals surface area contributed by atoms with E-state index < -0.39 is 17.8 Å². The van der Waals surface area contributed by atoms with Gasteiger partial charge in [-0.2, -0.15) is 0 Å². The Morgan fingerprint density at radius 3 is 2.28 bits per heavy atom. The molecule has 2 heterocycles. The van der Waals surface area contributed by atoms with Crippen LogP contribution in [0.15, 0.2) is 71.5 Å². The summed E-state index contributed by atoms with van der Waals surface area (Å²) in [7, 11) is 0. The molecule has 6 rings (SSSR count). The highest BCUT2D eigenvalue weighted by Crippen LogP contribution is 2.44. The number of halogens is 1. The van der Waals surface area contributed by atoms with Crippen LogP contribution in [0.4, 0.5) is 9.59 Å². The van der Waals surface area contributed by atoms with Crippen molar-refractivity contribution in [3.05, 3.63) is 99.1 Å². The summed E-state index contributed by atoms with van der Waals surface area (Å²) < 4.78 is 12.7. The van der Waals surface area contributed by atoms with Crippen LogP contribution >= 0.6 is 11.6 Å². The van der Waals surface area contributed by atoms with E-state index in [-0.39, 0.29) is 37.1 Å². The first kappa shape index (κ1) is 28.7. The molecule has 1 fully saturated rings. The lowest BCUT2D eigenvalue weighted by atomic mass is 9.98. The Hall–Kier alpha value is -4.37. The average Bonchev–Trinajstić information content (AvgIpc) is 3.25. The van der Waals surface area contributed by atoms with Gasteiger partial charge >= 0.3 is 12.2 Å². The molecule has 43 heavy (non-hydrogen) atoms. The third kappa shape index (κ3) is 5.69. The van der Waals surface area contributed by atoms with Crippen LogP contribution in [-0.2, 0) is 15.9 Å². The number of likely N-dealkylation sites (tertiary alicyclic amines) is 1. The van der Waals surface area contributed by atoms with Gasteiger partial charge in [-0.25, -0.2) is 14.6 Å². The van der Waals surface area contributed by atoms with Crippen molar-refractivity contribution < 1.29 is 19.1 Å². The number of benzene rings is 3. The summed E-state index contributed by atoms with van der Waals surface area (Å²) in [6.45, 7) is 6.45. The number of hydrogen-bond acceptors (Lipinski definition) is 6. The molecule has 1 aliphatic heterocycles. The summed E-state index contributed by atoms with van der Waals surface area (Å²) in [4.78, 5) is 45.2. The van der Waals surface area contributed by atoms with Gasteiger partial charge in [-0.3, -0.25) is 9.36 Å². The van der Waals surface area contributed by atoms with Crippen molar-refractivity contribution in [2.75, 3.05) is 26.2 Å². The quantitative estimate of drug-likeness (QED) is 0.295. The highest BCUT2D eigenvalue weighted by Gasteiger charge is 2.37. The highest BCUT2D eigenvalue weighted by atomic mass is 35.5. The first-order valence-corrected chi connectivity index (χ1v) is 14.7. The van der Waals surface area contributed by atoms with Crippen LogP contribution in [0.5, 0.6) is 0 Å². The molecular weight excluding hydrogens is 568 g/mol. The van der Waals surface area contributed by atoms with Crippen LogP contribution < -0.4 is 10.9 Å². The number of aromatic nitrogens is 2. The van der Waals surface area contributed by atoms with Crippen molar-refractivity contribution in [3.8, 4) is 11.1 Å². The maximum absolute atomic E-state index is 13.6. The van der Waals surface area contributed by atoms with E-state index in [0.29, 0.717) is 34.8 Å². The SMILES string of the molecule is CC(C)(C)OC(=O)N1CC(n2c(CCNC(=O)OCC3c4ccccc4-c4ccccc43)nc3cccc(Cl)c3c2=O)C1. The summed E-state index contributed by atoms with van der Waals surface area (Å²) in [5.41, 5.74) is 4.19. The number of nitrogens with zero attached hydrogens (tertiary/aromatic N) is 3. The van der Waals surface area contributed by atoms with Crippen LogP contribution in [-0.4, -0.2) is 58.5 Å². The second-order valence-electron chi connectivity index (χ2n) is 11.9. The molecule has 1 aliphatic carbocycles. The van der Waals surface area contributed by atoms with Gasteiger partial charge in [-0.1, -0.05) is 66.2 Å². The molecule has 0 atom stereocenters. The van der Waals surface area contributed by atoms with Gasteiger partial charge in [0, 0.05) is 32.0 Å². The number of rotatable bonds is 6. The fourth-order valence-electron chi connectivity index (χ4n) is 5.82. The number of carbonyl (C=O) groups excluding carboxylic acids is 2. The van der Waals surface area contributed by atoms with Gasteiger partial charge in [0.25, 0.3) is 5.56 Å². The topological polar surface area (TPSA) is 103 Å². The number of alkyl carbamates (subject to hydrolysis) is 1. The molecule has 10 heteroatoms. The van der Waals surface area contributed by atoms with Crippen LogP contribution in [0.3, 0.4) is 0 Å². The van der Waals surface area contributed by atoms with Crippen LogP contribution in [0, 0.1) is 0 Å². The second kappa shape index (κ2) is 11.4. The number of hydrogen-bond donors (Lipinski definition) is 1. The summed E-state index contributed by atoms with van der Waals surface area (Å²) in [6.07, 6.45) is -0.688. The van der Waals surface area contributed by atoms with E-state index in [1.807, 2.05) is 45.0 Å². The molecule has 2 amide bonds. The molecule has 0 bridgehead atoms. The van der Waals surface area contributed by atoms with Crippen molar-refractivity contribution in [1.82, 2.24) is 19.8 Å². The highest BCUT2D eigenvalue weighted by molar-refractivity contribution is 6.35. The molecule has 1 aromatic heterocycles. The maximum atomic E-state index is 13.6. The number of amides is 2. The molecule has 0 spiro atoms. The third-order valence-electron chi connectivity index (χ3n) is 7.79. The zero-order valence-electron chi connectivity index (χ0n) is 24.3. The van der Waals surface area contributed by atoms with Gasteiger partial charge in [0.1, 0.15) is 18.0 Å². The number of fused-ring (bicyclic) bond motifs is 4. The predicted molar refractivity (Wildman–Crippen MR) is 165 cm³/mol. The van der Waals surface area contributed by atoms with E-state index in [9.17, 15) is 14.4 Å². The molecule has 1 saturated heterocycles. The normalized spacial score (nSPS) is 14.7. The Kier molecular flexibility index (Phi) is 7.60. The number of ether oxygens (including phenoxy) is 2. The average molecular weight is 601 g/mol. The smallest absolute Gasteiger partial charge is 0.410 e. The van der Waals surface area contributed by atoms with Gasteiger partial charge in [0.2, 0.25) is 0 Å². The minimum Gasteiger partial charge on any atom is -0.449 e. The fourth-order valence-corrected chi connectivity index (χ4v) is 6.07. The first-order valence-electron chi connectivity index (χ1n) is 14.4. The summed E-state index contributed by atoms with van der Waals surface area (Å²) in [6, 6.07) is 21.2. The van der Waals surface area contributed by atoms with Crippen molar-refractivity contribution in [1.29, 1.82) is 0 Å². The van der Waals surface area contributed by atoms with Crippen LogP contribution in [0.2, 0.25) is 5.02 Å². The van der Waals surface area contributed by atoms with Crippen LogP contribution in [0.25, 0.3) is 22.0 Å². The number of carbonyl (C=O) groups is 2. The Bertz CT molecular complexity index is 1730. The lowest BCUT2D eigenvalue weighted by Gasteiger charge is -2.41. The lowest BCUT2D eigenvalue weighted by molar-refractivity contribution is 0.000213. The van der Waals surface area contributed by atoms with E-state index in [1.165, 1.54) is 0 Å². The van der Waals surface area contributed by atoms with E-state index in [4.69, 9.17) is 26.1 Å². The number of nitrogens with one attached hydrogen (secondary N) is 1. The largest absolute Gasteiger partial charge is 0.449 e. The molecule has 0 unspecified atom stereocenters. The van der Waals surface area contributed by atoms with Gasteiger partial charge in [-0.15, -0.1) is 0 Å². The standard InChI is InChI=1S/C33H33ClN4O5/c1-33(2,3)43-32(41)37-17-20(18-37)38-28(36-27-14-8-13-26(34)29(27)30(38)39)15-16-35-31(40)42-19-25-23-11-6-4-9-21(23)22-10-5-7-12-24(22)25/h4-14,20,25H,15-19H2,1-3H3,(H,35,40). The van der Waals surface area contributed by atoms with E-state index in [1.54, 1.807) is 27.7 Å². The molecule has 0 radical (unpaired) electrons. The minimum absolute atomic E-state index is 0.0400. The Balaban J connectivity index is 1.14. The molecule has 3 aromatic carbocycles. The van der Waals surface area contributed by atoms with E-state index in [2.05, 4.69) is 29.6 Å². The van der Waals surface area contributed by atoms with Crippen molar-refractivity contribution in [2.45, 2.75) is 44.8 Å². The lowest BCUT2D eigenvalue weighted by Crippen LogP contribution is -2.54. The van der Waals surface area contributed by atoms with Crippen molar-refractivity contribution >= 4 is 34.7 Å². The molecular formula is C33H33ClN4O5. The van der Waals surface area contributed by atoms with E-state index >= 15 is 0 Å². The zero-order valence-corrected chi connectivity index (χ0v) is 25.1. The fraction of sp³-hybridized carbons (Fsp3) is 0.333. The summed E-state index contributed by atoms with van der Waals surface area (Å²) in [5, 5.41) is 3.45. The summed E-state index contributed by atoms with van der Waals surface area (Å²) >= 11 is 6.39. The van der Waals surface area contributed by atoms with Crippen molar-refractivity contribution in [2.24, 2.45) is 0 Å². The monoisotopic (exact) mass is 600 g/mol. The molecule has 222 valence electrons. The van der Waals surface area contributed by atoms with Crippen molar-refractivity contribution in [3.63, 3.8) is 0 Å². The van der Waals surface area contributed by atoms with Gasteiger partial charge in [0.15, 0.2) is 0 Å². The predicted octanol–water partition coefficient (Wildman–Crippen LogP) is 5.92. The first-order chi connectivity index (χ1) is 20.6. The molecule has 2 aliphatic rings. The molecule has 0 saturated carbocycles. The summed E-state index contributed by atoms with van der Waals surface area (Å²) in [5.74, 6) is 0.453. The Morgan fingerprint density at radius 2 is 1.63 bits per heavy atom. The van der Waals surface area contributed by atoms with E-state index in [0.717, 1.165) is 22.3 Å². The van der Waals surface area contributed by atoms with Gasteiger partial charge in [0.05, 0.1) is 22.0 Å².